The lowest BCUT2D eigenvalue weighted by atomic mass is 10.1. The number of halogens is 6. The lowest BCUT2D eigenvalue weighted by Gasteiger charge is -2.35. The predicted molar refractivity (Wildman–Crippen MR) is 66.1 cm³/mol. The second kappa shape index (κ2) is 7.69. The van der Waals surface area contributed by atoms with Gasteiger partial charge in [0.05, 0.1) is 0 Å². The lowest BCUT2D eigenvalue weighted by Crippen LogP contribution is -2.63. The number of hydrogen-bond acceptors (Lipinski definition) is 4. The molecule has 0 aliphatic heterocycles. The van der Waals surface area contributed by atoms with Crippen molar-refractivity contribution in [3.8, 4) is 0 Å². The van der Waals surface area contributed by atoms with Crippen LogP contribution in [-0.4, -0.2) is 42.6 Å². The van der Waals surface area contributed by atoms with Crippen molar-refractivity contribution in [2.75, 3.05) is 5.75 Å². The summed E-state index contributed by atoms with van der Waals surface area (Å²) in [4.78, 5) is 11.3. The standard InChI is InChI=1S/C11H16F6O5S/c1-2-3-4-5-6-8(18)22-9(10(12,13)14,11(15,16)17)7-23(19,20)21/h2-7H2,1H3,(H,19,20,21). The minimum atomic E-state index is -6.28. The summed E-state index contributed by atoms with van der Waals surface area (Å²) in [6.45, 7) is 1.79. The maximum atomic E-state index is 12.8. The van der Waals surface area contributed by atoms with E-state index in [0.29, 0.717) is 19.3 Å². The maximum absolute atomic E-state index is 12.8. The number of esters is 1. The molecule has 0 aromatic rings. The first-order valence-electron chi connectivity index (χ1n) is 6.47. The number of unbranched alkanes of at least 4 members (excludes halogenated alkanes) is 3. The highest BCUT2D eigenvalue weighted by Crippen LogP contribution is 2.47. The Morgan fingerprint density at radius 3 is 1.83 bits per heavy atom. The van der Waals surface area contributed by atoms with E-state index >= 15 is 0 Å². The van der Waals surface area contributed by atoms with E-state index in [9.17, 15) is 39.6 Å². The fraction of sp³-hybridized carbons (Fsp3) is 0.909. The Balaban J connectivity index is 5.47. The normalized spacial score (nSPS) is 13.9. The van der Waals surface area contributed by atoms with Crippen LogP contribution in [0.3, 0.4) is 0 Å². The van der Waals surface area contributed by atoms with Crippen molar-refractivity contribution >= 4 is 16.1 Å². The summed E-state index contributed by atoms with van der Waals surface area (Å²) in [6.07, 6.45) is -11.6. The van der Waals surface area contributed by atoms with Crippen LogP contribution in [0.4, 0.5) is 26.3 Å². The van der Waals surface area contributed by atoms with Gasteiger partial charge in [0.2, 0.25) is 0 Å². The maximum Gasteiger partial charge on any atom is 0.438 e. The van der Waals surface area contributed by atoms with Gasteiger partial charge < -0.3 is 4.74 Å². The van der Waals surface area contributed by atoms with Gasteiger partial charge in [0.1, 0.15) is 5.75 Å². The highest BCUT2D eigenvalue weighted by molar-refractivity contribution is 7.85. The zero-order valence-electron chi connectivity index (χ0n) is 12.0. The van der Waals surface area contributed by atoms with E-state index in [1.165, 1.54) is 0 Å². The van der Waals surface area contributed by atoms with Crippen LogP contribution < -0.4 is 0 Å². The number of carbonyl (C=O) groups is 1. The zero-order chi connectivity index (χ0) is 18.5. The van der Waals surface area contributed by atoms with Crippen LogP contribution >= 0.6 is 0 Å². The van der Waals surface area contributed by atoms with Gasteiger partial charge in [0.25, 0.3) is 10.1 Å². The van der Waals surface area contributed by atoms with Gasteiger partial charge in [-0.25, -0.2) is 0 Å². The number of hydrogen-bond donors (Lipinski definition) is 1. The molecule has 0 spiro atoms. The minimum Gasteiger partial charge on any atom is -0.438 e. The molecule has 0 heterocycles. The number of carbonyl (C=O) groups excluding carboxylic acids is 1. The molecule has 0 aromatic carbocycles. The Labute approximate surface area is 128 Å². The van der Waals surface area contributed by atoms with E-state index in [1.807, 2.05) is 0 Å². The van der Waals surface area contributed by atoms with Crippen molar-refractivity contribution < 1.29 is 48.8 Å². The molecular weight excluding hydrogens is 358 g/mol. The number of rotatable bonds is 8. The van der Waals surface area contributed by atoms with Crippen molar-refractivity contribution in [1.82, 2.24) is 0 Å². The third-order valence-corrected chi connectivity index (χ3v) is 3.60. The first kappa shape index (κ1) is 22.0. The van der Waals surface area contributed by atoms with E-state index in [1.54, 1.807) is 6.92 Å². The van der Waals surface area contributed by atoms with Gasteiger partial charge in [0, 0.05) is 6.42 Å². The van der Waals surface area contributed by atoms with Crippen LogP contribution in [0.5, 0.6) is 0 Å². The molecule has 138 valence electrons. The van der Waals surface area contributed by atoms with Crippen LogP contribution in [0.2, 0.25) is 0 Å². The van der Waals surface area contributed by atoms with E-state index in [2.05, 4.69) is 4.74 Å². The predicted octanol–water partition coefficient (Wildman–Crippen LogP) is 3.25. The Bertz CT molecular complexity index is 482. The van der Waals surface area contributed by atoms with Crippen molar-refractivity contribution in [2.24, 2.45) is 0 Å². The molecule has 0 atom stereocenters. The average Bonchev–Trinajstić information content (AvgIpc) is 2.29. The Kier molecular flexibility index (Phi) is 7.34. The summed E-state index contributed by atoms with van der Waals surface area (Å²) in [5.41, 5.74) is -5.31. The molecule has 0 aliphatic carbocycles. The minimum absolute atomic E-state index is 0.00958. The van der Waals surface area contributed by atoms with Gasteiger partial charge in [-0.15, -0.1) is 0 Å². The van der Waals surface area contributed by atoms with Crippen molar-refractivity contribution in [1.29, 1.82) is 0 Å². The average molecular weight is 374 g/mol. The van der Waals surface area contributed by atoms with Crippen LogP contribution in [0.25, 0.3) is 0 Å². The van der Waals surface area contributed by atoms with Crippen molar-refractivity contribution in [3.63, 3.8) is 0 Å². The molecule has 0 fully saturated rings. The molecule has 0 aliphatic rings. The second-order valence-electron chi connectivity index (χ2n) is 4.83. The molecule has 5 nitrogen and oxygen atoms in total. The molecule has 23 heavy (non-hydrogen) atoms. The molecule has 0 amide bonds. The summed E-state index contributed by atoms with van der Waals surface area (Å²) in [5.74, 6) is -4.70. The summed E-state index contributed by atoms with van der Waals surface area (Å²) in [5, 5.41) is 0. The van der Waals surface area contributed by atoms with Gasteiger partial charge in [-0.05, 0) is 6.42 Å². The fourth-order valence-electron chi connectivity index (χ4n) is 1.67. The summed E-state index contributed by atoms with van der Waals surface area (Å²) < 4.78 is 110. The summed E-state index contributed by atoms with van der Waals surface area (Å²) in [7, 11) is -5.74. The van der Waals surface area contributed by atoms with Crippen LogP contribution in [0, 0.1) is 0 Å². The molecule has 0 rings (SSSR count). The van der Waals surface area contributed by atoms with Crippen LogP contribution in [0.1, 0.15) is 39.0 Å². The Hall–Kier alpha value is -1.04. The molecule has 0 saturated heterocycles. The molecule has 0 radical (unpaired) electrons. The highest BCUT2D eigenvalue weighted by Gasteiger charge is 2.75. The van der Waals surface area contributed by atoms with E-state index in [4.69, 9.17) is 4.55 Å². The molecular formula is C11H16F6O5S. The lowest BCUT2D eigenvalue weighted by molar-refractivity contribution is -0.361. The van der Waals surface area contributed by atoms with E-state index in [0.717, 1.165) is 0 Å². The first-order valence-corrected chi connectivity index (χ1v) is 8.07. The quantitative estimate of drug-likeness (QED) is 0.305. The van der Waals surface area contributed by atoms with E-state index in [-0.39, 0.29) is 6.42 Å². The van der Waals surface area contributed by atoms with Gasteiger partial charge in [0.15, 0.2) is 0 Å². The first-order chi connectivity index (χ1) is 10.2. The summed E-state index contributed by atoms with van der Waals surface area (Å²) >= 11 is 0. The van der Waals surface area contributed by atoms with Gasteiger partial charge >= 0.3 is 23.9 Å². The molecule has 0 saturated carbocycles. The molecule has 0 bridgehead atoms. The number of alkyl halides is 6. The monoisotopic (exact) mass is 374 g/mol. The topological polar surface area (TPSA) is 80.7 Å². The fourth-order valence-corrected chi connectivity index (χ4v) is 2.57. The smallest absolute Gasteiger partial charge is 0.438 e. The Morgan fingerprint density at radius 1 is 1.00 bits per heavy atom. The van der Waals surface area contributed by atoms with Gasteiger partial charge in [-0.1, -0.05) is 26.2 Å². The molecule has 0 unspecified atom stereocenters. The third kappa shape index (κ3) is 6.53. The van der Waals surface area contributed by atoms with Crippen molar-refractivity contribution in [2.45, 2.75) is 57.0 Å². The third-order valence-electron chi connectivity index (χ3n) is 2.82. The van der Waals surface area contributed by atoms with Crippen molar-refractivity contribution in [3.05, 3.63) is 0 Å². The van der Waals surface area contributed by atoms with Crippen LogP contribution in [-0.2, 0) is 19.6 Å². The largest absolute Gasteiger partial charge is 0.438 e. The zero-order valence-corrected chi connectivity index (χ0v) is 12.8. The molecule has 1 N–H and O–H groups in total. The second-order valence-corrected chi connectivity index (χ2v) is 6.29. The van der Waals surface area contributed by atoms with Gasteiger partial charge in [-0.2, -0.15) is 34.8 Å². The highest BCUT2D eigenvalue weighted by atomic mass is 32.2. The summed E-state index contributed by atoms with van der Waals surface area (Å²) in [6, 6.07) is 0. The van der Waals surface area contributed by atoms with E-state index < -0.39 is 46.2 Å². The van der Waals surface area contributed by atoms with Gasteiger partial charge in [-0.3, -0.25) is 9.35 Å². The van der Waals surface area contributed by atoms with Crippen LogP contribution in [0.15, 0.2) is 0 Å². The molecule has 12 heteroatoms. The SMILES string of the molecule is CCCCCCC(=O)OC(CS(=O)(=O)O)(C(F)(F)F)C(F)(F)F. The Morgan fingerprint density at radius 2 is 1.48 bits per heavy atom. The number of ether oxygens (including phenoxy) is 1. The molecule has 0 aromatic heterocycles.